The molecule has 1 heterocycles. The number of hydrogen-bond acceptors (Lipinski definition) is 3. The van der Waals surface area contributed by atoms with Gasteiger partial charge in [-0.25, -0.2) is 0 Å². The molecule has 1 aromatic rings. The highest BCUT2D eigenvalue weighted by molar-refractivity contribution is 5.73. The number of hydrogen-bond donors (Lipinski definition) is 1. The highest BCUT2D eigenvalue weighted by Crippen LogP contribution is 2.24. The minimum absolute atomic E-state index is 0.336. The van der Waals surface area contributed by atoms with Crippen LogP contribution in [0.15, 0.2) is 18.2 Å². The van der Waals surface area contributed by atoms with E-state index in [9.17, 15) is 4.79 Å². The van der Waals surface area contributed by atoms with Gasteiger partial charge in [-0.15, -0.1) is 0 Å². The topological polar surface area (TPSA) is 49.8 Å². The summed E-state index contributed by atoms with van der Waals surface area (Å²) in [6, 6.07) is 5.71. The van der Waals surface area contributed by atoms with Crippen LogP contribution in [0.4, 0.5) is 0 Å². The molecular formula is C14H19NO3. The zero-order valence-corrected chi connectivity index (χ0v) is 10.8. The van der Waals surface area contributed by atoms with Crippen LogP contribution in [0, 0.1) is 6.92 Å². The van der Waals surface area contributed by atoms with Crippen LogP contribution in [-0.2, 0) is 11.3 Å². The summed E-state index contributed by atoms with van der Waals surface area (Å²) in [5.74, 6) is 0.144. The zero-order valence-electron chi connectivity index (χ0n) is 10.8. The summed E-state index contributed by atoms with van der Waals surface area (Å²) in [6.45, 7) is 3.53. The zero-order chi connectivity index (χ0) is 13.1. The number of likely N-dealkylation sites (tertiary alicyclic amines) is 1. The molecule has 0 aliphatic carbocycles. The lowest BCUT2D eigenvalue weighted by atomic mass is 10.1. The number of methoxy groups -OCH3 is 1. The summed E-state index contributed by atoms with van der Waals surface area (Å²) >= 11 is 0. The van der Waals surface area contributed by atoms with Gasteiger partial charge in [-0.2, -0.15) is 0 Å². The minimum Gasteiger partial charge on any atom is -0.496 e. The van der Waals surface area contributed by atoms with Crippen molar-refractivity contribution < 1.29 is 14.6 Å². The molecule has 4 nitrogen and oxygen atoms in total. The Morgan fingerprint density at radius 3 is 3.00 bits per heavy atom. The number of benzene rings is 1. The molecule has 0 radical (unpaired) electrons. The van der Waals surface area contributed by atoms with E-state index in [4.69, 9.17) is 9.84 Å². The molecule has 1 saturated heterocycles. The maximum atomic E-state index is 11.1. The molecule has 1 aliphatic rings. The first-order valence-electron chi connectivity index (χ1n) is 6.22. The largest absolute Gasteiger partial charge is 0.496 e. The molecule has 18 heavy (non-hydrogen) atoms. The summed E-state index contributed by atoms with van der Waals surface area (Å²) in [5, 5.41) is 9.14. The van der Waals surface area contributed by atoms with E-state index in [1.807, 2.05) is 30.0 Å². The Bertz CT molecular complexity index is 445. The fourth-order valence-corrected chi connectivity index (χ4v) is 2.49. The lowest BCUT2D eigenvalue weighted by Gasteiger charge is -2.21. The van der Waals surface area contributed by atoms with E-state index in [2.05, 4.69) is 0 Å². The first kappa shape index (κ1) is 12.9. The molecule has 1 aliphatic heterocycles. The van der Waals surface area contributed by atoms with Gasteiger partial charge in [-0.1, -0.05) is 12.1 Å². The van der Waals surface area contributed by atoms with Gasteiger partial charge in [0.15, 0.2) is 0 Å². The molecule has 0 amide bonds. The van der Waals surface area contributed by atoms with Crippen molar-refractivity contribution in [2.45, 2.75) is 32.4 Å². The predicted octanol–water partition coefficient (Wildman–Crippen LogP) is 2.05. The molecule has 1 aromatic carbocycles. The molecule has 0 spiro atoms. The maximum Gasteiger partial charge on any atom is 0.320 e. The van der Waals surface area contributed by atoms with Gasteiger partial charge >= 0.3 is 5.97 Å². The Morgan fingerprint density at radius 1 is 1.56 bits per heavy atom. The van der Waals surface area contributed by atoms with Crippen LogP contribution < -0.4 is 4.74 Å². The number of aryl methyl sites for hydroxylation is 1. The molecule has 0 aromatic heterocycles. The monoisotopic (exact) mass is 249 g/mol. The summed E-state index contributed by atoms with van der Waals surface area (Å²) in [4.78, 5) is 13.1. The van der Waals surface area contributed by atoms with E-state index in [1.165, 1.54) is 0 Å². The van der Waals surface area contributed by atoms with Crippen molar-refractivity contribution in [3.63, 3.8) is 0 Å². The van der Waals surface area contributed by atoms with Gasteiger partial charge in [0.1, 0.15) is 11.8 Å². The highest BCUT2D eigenvalue weighted by Gasteiger charge is 2.30. The number of carbonyl (C=O) groups is 1. The molecule has 0 saturated carbocycles. The molecular weight excluding hydrogens is 230 g/mol. The van der Waals surface area contributed by atoms with Crippen LogP contribution in [0.1, 0.15) is 24.0 Å². The second-order valence-electron chi connectivity index (χ2n) is 4.77. The van der Waals surface area contributed by atoms with Gasteiger partial charge in [-0.05, 0) is 43.5 Å². The van der Waals surface area contributed by atoms with Crippen LogP contribution in [0.3, 0.4) is 0 Å². The van der Waals surface area contributed by atoms with Crippen LogP contribution >= 0.6 is 0 Å². The Labute approximate surface area is 107 Å². The molecule has 4 heteroatoms. The van der Waals surface area contributed by atoms with Gasteiger partial charge in [0.2, 0.25) is 0 Å². The fraction of sp³-hybridized carbons (Fsp3) is 0.500. The average Bonchev–Trinajstić information content (AvgIpc) is 2.80. The van der Waals surface area contributed by atoms with Crippen molar-refractivity contribution in [2.75, 3.05) is 13.7 Å². The van der Waals surface area contributed by atoms with Crippen molar-refractivity contribution >= 4 is 5.97 Å². The number of ether oxygens (including phenoxy) is 1. The Morgan fingerprint density at radius 2 is 2.33 bits per heavy atom. The van der Waals surface area contributed by atoms with Crippen LogP contribution in [-0.4, -0.2) is 35.7 Å². The lowest BCUT2D eigenvalue weighted by molar-refractivity contribution is -0.142. The van der Waals surface area contributed by atoms with Gasteiger partial charge in [0.25, 0.3) is 0 Å². The van der Waals surface area contributed by atoms with E-state index in [1.54, 1.807) is 7.11 Å². The van der Waals surface area contributed by atoms with Gasteiger partial charge in [0, 0.05) is 6.54 Å². The molecule has 1 N–H and O–H groups in total. The highest BCUT2D eigenvalue weighted by atomic mass is 16.5. The number of aliphatic carboxylic acids is 1. The van der Waals surface area contributed by atoms with Crippen molar-refractivity contribution in [3.8, 4) is 5.75 Å². The molecule has 0 bridgehead atoms. The Hall–Kier alpha value is -1.55. The standard InChI is InChI=1S/C14H19NO3/c1-10-5-6-11(8-13(10)18-2)9-15-7-3-4-12(15)14(16)17/h5-6,8,12H,3-4,7,9H2,1-2H3,(H,16,17). The number of nitrogens with zero attached hydrogens (tertiary/aromatic N) is 1. The van der Waals surface area contributed by atoms with Crippen molar-refractivity contribution in [2.24, 2.45) is 0 Å². The van der Waals surface area contributed by atoms with Crippen molar-refractivity contribution in [1.29, 1.82) is 0 Å². The second kappa shape index (κ2) is 5.40. The third-order valence-electron chi connectivity index (χ3n) is 3.51. The van der Waals surface area contributed by atoms with E-state index >= 15 is 0 Å². The van der Waals surface area contributed by atoms with E-state index in [-0.39, 0.29) is 6.04 Å². The number of carboxylic acids is 1. The quantitative estimate of drug-likeness (QED) is 0.887. The Balaban J connectivity index is 2.11. The van der Waals surface area contributed by atoms with Crippen LogP contribution in [0.5, 0.6) is 5.75 Å². The smallest absolute Gasteiger partial charge is 0.320 e. The third kappa shape index (κ3) is 2.64. The van der Waals surface area contributed by atoms with Crippen LogP contribution in [0.25, 0.3) is 0 Å². The second-order valence-corrected chi connectivity index (χ2v) is 4.77. The normalized spacial score (nSPS) is 20.0. The predicted molar refractivity (Wildman–Crippen MR) is 68.8 cm³/mol. The van der Waals surface area contributed by atoms with Crippen molar-refractivity contribution in [3.05, 3.63) is 29.3 Å². The minimum atomic E-state index is -0.716. The third-order valence-corrected chi connectivity index (χ3v) is 3.51. The van der Waals surface area contributed by atoms with E-state index in [0.717, 1.165) is 36.3 Å². The van der Waals surface area contributed by atoms with Gasteiger partial charge < -0.3 is 9.84 Å². The maximum absolute atomic E-state index is 11.1. The first-order valence-corrected chi connectivity index (χ1v) is 6.22. The molecule has 1 unspecified atom stereocenters. The van der Waals surface area contributed by atoms with Crippen LogP contribution in [0.2, 0.25) is 0 Å². The van der Waals surface area contributed by atoms with E-state index < -0.39 is 5.97 Å². The SMILES string of the molecule is COc1cc(CN2CCCC2C(=O)O)ccc1C. The average molecular weight is 249 g/mol. The summed E-state index contributed by atoms with van der Waals surface area (Å²) in [7, 11) is 1.65. The fourth-order valence-electron chi connectivity index (χ4n) is 2.49. The summed E-state index contributed by atoms with van der Waals surface area (Å²) in [6.07, 6.45) is 1.71. The van der Waals surface area contributed by atoms with Gasteiger partial charge in [-0.3, -0.25) is 9.69 Å². The molecule has 1 atom stereocenters. The number of rotatable bonds is 4. The summed E-state index contributed by atoms with van der Waals surface area (Å²) in [5.41, 5.74) is 2.20. The molecule has 1 fully saturated rings. The number of carboxylic acid groups (broad SMARTS) is 1. The summed E-state index contributed by atoms with van der Waals surface area (Å²) < 4.78 is 5.29. The van der Waals surface area contributed by atoms with Crippen molar-refractivity contribution in [1.82, 2.24) is 4.90 Å². The molecule has 98 valence electrons. The van der Waals surface area contributed by atoms with E-state index in [0.29, 0.717) is 6.54 Å². The first-order chi connectivity index (χ1) is 8.61. The molecule has 2 rings (SSSR count). The lowest BCUT2D eigenvalue weighted by Crippen LogP contribution is -2.35. The Kier molecular flexibility index (Phi) is 3.87. The van der Waals surface area contributed by atoms with Gasteiger partial charge in [0.05, 0.1) is 7.11 Å².